The summed E-state index contributed by atoms with van der Waals surface area (Å²) in [6.07, 6.45) is 4.58. The minimum absolute atomic E-state index is 0. The van der Waals surface area contributed by atoms with Crippen LogP contribution in [0.3, 0.4) is 0 Å². The Kier molecular flexibility index (Phi) is 8.84. The van der Waals surface area contributed by atoms with Crippen LogP contribution in [0, 0.1) is 30.3 Å². The van der Waals surface area contributed by atoms with Gasteiger partial charge in [0.15, 0.2) is 18.9 Å². The molecule has 0 saturated heterocycles. The van der Waals surface area contributed by atoms with Gasteiger partial charge in [-0.15, -0.1) is 17.0 Å². The molecule has 0 saturated carbocycles. The van der Waals surface area contributed by atoms with E-state index >= 15 is 0 Å². The van der Waals surface area contributed by atoms with Crippen molar-refractivity contribution in [3.05, 3.63) is 108 Å². The third-order valence-electron chi connectivity index (χ3n) is 4.81. The van der Waals surface area contributed by atoms with Crippen LogP contribution in [-0.2, 0) is 13.0 Å². The number of aromatic nitrogens is 1. The summed E-state index contributed by atoms with van der Waals surface area (Å²) in [5.74, 6) is 0. The molecule has 13 heteroatoms. The molecule has 176 valence electrons. The smallest absolute Gasteiger partial charge is 0.271 e. The molecule has 0 fully saturated rings. The van der Waals surface area contributed by atoms with Crippen molar-refractivity contribution >= 4 is 45.4 Å². The van der Waals surface area contributed by atoms with E-state index < -0.39 is 26.1 Å². The van der Waals surface area contributed by atoms with Gasteiger partial charge in [0.1, 0.15) is 11.4 Å². The maximum absolute atomic E-state index is 11.4. The summed E-state index contributed by atoms with van der Waals surface area (Å²) in [7, 11) is 0. The molecule has 3 rings (SSSR count). The predicted octanol–water partition coefficient (Wildman–Crippen LogP) is 4.36. The first-order chi connectivity index (χ1) is 15.8. The van der Waals surface area contributed by atoms with E-state index in [4.69, 9.17) is 0 Å². The van der Waals surface area contributed by atoms with Crippen LogP contribution >= 0.6 is 17.0 Å². The van der Waals surface area contributed by atoms with Crippen molar-refractivity contribution in [2.45, 2.75) is 19.9 Å². The number of halogens is 1. The lowest BCUT2D eigenvalue weighted by Crippen LogP contribution is -2.37. The third kappa shape index (κ3) is 6.38. The van der Waals surface area contributed by atoms with Gasteiger partial charge in [0.2, 0.25) is 0 Å². The highest BCUT2D eigenvalue weighted by molar-refractivity contribution is 8.93. The minimum Gasteiger partial charge on any atom is -0.271 e. The van der Waals surface area contributed by atoms with E-state index in [9.17, 15) is 30.3 Å². The quantitative estimate of drug-likeness (QED) is 0.186. The van der Waals surface area contributed by atoms with E-state index in [1.54, 1.807) is 0 Å². The van der Waals surface area contributed by atoms with E-state index in [1.807, 2.05) is 36.0 Å². The fourth-order valence-electron chi connectivity index (χ4n) is 2.98. The van der Waals surface area contributed by atoms with Gasteiger partial charge in [0, 0.05) is 35.9 Å². The second kappa shape index (κ2) is 11.6. The third-order valence-corrected chi connectivity index (χ3v) is 4.81. The molecule has 0 bridgehead atoms. The van der Waals surface area contributed by atoms with E-state index in [1.165, 1.54) is 30.3 Å². The molecule has 0 amide bonds. The number of nitro groups is 3. The summed E-state index contributed by atoms with van der Waals surface area (Å²) in [5.41, 5.74) is 3.71. The number of hydrazone groups is 1. The van der Waals surface area contributed by atoms with Crippen molar-refractivity contribution in [1.82, 2.24) is 0 Å². The lowest BCUT2D eigenvalue weighted by Gasteiger charge is -2.07. The van der Waals surface area contributed by atoms with Gasteiger partial charge in [0.25, 0.3) is 11.4 Å². The number of hydrogen-bond donors (Lipinski definition) is 1. The molecular formula is C21H20BrN6O6+. The molecule has 1 heterocycles. The maximum Gasteiger partial charge on any atom is 0.301 e. The molecule has 0 spiro atoms. The fourth-order valence-corrected chi connectivity index (χ4v) is 2.98. The Morgan fingerprint density at radius 3 is 2.00 bits per heavy atom. The number of pyridine rings is 1. The zero-order chi connectivity index (χ0) is 24.0. The van der Waals surface area contributed by atoms with Gasteiger partial charge in [0.05, 0.1) is 20.8 Å². The molecule has 1 aromatic heterocycles. The molecule has 0 unspecified atom stereocenters. The van der Waals surface area contributed by atoms with Crippen molar-refractivity contribution in [3.8, 4) is 0 Å². The normalized spacial score (nSPS) is 10.8. The Labute approximate surface area is 203 Å². The van der Waals surface area contributed by atoms with Gasteiger partial charge in [-0.3, -0.25) is 35.8 Å². The number of benzene rings is 2. The molecular weight excluding hydrogens is 512 g/mol. The molecule has 0 aliphatic rings. The number of nitrogens with one attached hydrogen (secondary N) is 1. The summed E-state index contributed by atoms with van der Waals surface area (Å²) in [4.78, 5) is 31.3. The average Bonchev–Trinajstić information content (AvgIpc) is 2.82. The largest absolute Gasteiger partial charge is 0.301 e. The van der Waals surface area contributed by atoms with Crippen molar-refractivity contribution in [1.29, 1.82) is 0 Å². The highest BCUT2D eigenvalue weighted by atomic mass is 79.9. The number of non-ortho nitro benzene ring substituents is 2. The zero-order valence-corrected chi connectivity index (χ0v) is 19.6. The van der Waals surface area contributed by atoms with Crippen molar-refractivity contribution in [3.63, 3.8) is 0 Å². The first-order valence-electron chi connectivity index (χ1n) is 9.76. The molecule has 1 N–H and O–H groups in total. The Morgan fingerprint density at radius 2 is 1.47 bits per heavy atom. The van der Waals surface area contributed by atoms with Crippen LogP contribution in [0.1, 0.15) is 18.1 Å². The standard InChI is InChI=1S/C21H19N6O6.BrH/c1-2-15-9-11-24(12-10-15)14-20(16-3-5-17(6-4-16)25(28)29)23-22-19-8-7-18(26(30)31)13-21(19)27(32)33;/h3-13,22H,2,14H2,1H3;1H/q+1;/b23-20+;. The monoisotopic (exact) mass is 531 g/mol. The number of anilines is 1. The van der Waals surface area contributed by atoms with Crippen LogP contribution in [0.5, 0.6) is 0 Å². The lowest BCUT2D eigenvalue weighted by atomic mass is 10.1. The van der Waals surface area contributed by atoms with Crippen LogP contribution < -0.4 is 9.99 Å². The maximum atomic E-state index is 11.4. The molecule has 0 aliphatic carbocycles. The molecule has 34 heavy (non-hydrogen) atoms. The Hall–Kier alpha value is -4.26. The summed E-state index contributed by atoms with van der Waals surface area (Å²) in [5, 5.41) is 37.6. The Morgan fingerprint density at radius 1 is 0.882 bits per heavy atom. The van der Waals surface area contributed by atoms with Gasteiger partial charge < -0.3 is 0 Å². The van der Waals surface area contributed by atoms with Crippen LogP contribution in [0.25, 0.3) is 0 Å². The predicted molar refractivity (Wildman–Crippen MR) is 129 cm³/mol. The summed E-state index contributed by atoms with van der Waals surface area (Å²) in [6.45, 7) is 2.29. The number of hydrogen-bond acceptors (Lipinski definition) is 8. The first-order valence-corrected chi connectivity index (χ1v) is 9.76. The van der Waals surface area contributed by atoms with Crippen molar-refractivity contribution in [2.24, 2.45) is 5.10 Å². The number of nitro benzene ring substituents is 3. The minimum atomic E-state index is -0.741. The second-order valence-corrected chi connectivity index (χ2v) is 6.92. The van der Waals surface area contributed by atoms with Crippen molar-refractivity contribution in [2.75, 3.05) is 5.43 Å². The summed E-state index contributed by atoms with van der Waals surface area (Å²) < 4.78 is 1.84. The van der Waals surface area contributed by atoms with E-state index in [2.05, 4.69) is 10.5 Å². The molecule has 0 aliphatic heterocycles. The topological polar surface area (TPSA) is 158 Å². The van der Waals surface area contributed by atoms with E-state index in [0.717, 1.165) is 24.1 Å². The van der Waals surface area contributed by atoms with Gasteiger partial charge in [-0.1, -0.05) is 6.92 Å². The van der Waals surface area contributed by atoms with Crippen molar-refractivity contribution < 1.29 is 19.3 Å². The van der Waals surface area contributed by atoms with Crippen LogP contribution in [0.4, 0.5) is 22.7 Å². The van der Waals surface area contributed by atoms with Gasteiger partial charge >= 0.3 is 5.69 Å². The van der Waals surface area contributed by atoms with Gasteiger partial charge in [-0.05, 0) is 30.2 Å². The summed E-state index contributed by atoms with van der Waals surface area (Å²) >= 11 is 0. The van der Waals surface area contributed by atoms with E-state index in [-0.39, 0.29) is 34.9 Å². The molecule has 12 nitrogen and oxygen atoms in total. The number of nitrogens with zero attached hydrogens (tertiary/aromatic N) is 5. The first kappa shape index (κ1) is 26.0. The fraction of sp³-hybridized carbons (Fsp3) is 0.143. The van der Waals surface area contributed by atoms with E-state index in [0.29, 0.717) is 11.3 Å². The Bertz CT molecular complexity index is 1230. The molecule has 3 aromatic rings. The van der Waals surface area contributed by atoms with Crippen LogP contribution in [-0.4, -0.2) is 20.5 Å². The van der Waals surface area contributed by atoms with Crippen LogP contribution in [0.15, 0.2) is 72.1 Å². The van der Waals surface area contributed by atoms with Gasteiger partial charge in [-0.25, -0.2) is 0 Å². The number of aryl methyl sites for hydroxylation is 1. The zero-order valence-electron chi connectivity index (χ0n) is 17.9. The molecule has 2 aromatic carbocycles. The highest BCUT2D eigenvalue weighted by Gasteiger charge is 2.20. The van der Waals surface area contributed by atoms with Gasteiger partial charge in [-0.2, -0.15) is 9.67 Å². The average molecular weight is 532 g/mol. The molecule has 0 atom stereocenters. The SMILES string of the molecule is Br.CCc1cc[n+](C/C(=N\Nc2ccc([N+](=O)[O-])cc2[N+](=O)[O-])c2ccc([N+](=O)[O-])cc2)cc1. The Balaban J connectivity index is 0.00000408. The van der Waals surface area contributed by atoms with Crippen LogP contribution in [0.2, 0.25) is 0 Å². The summed E-state index contributed by atoms with van der Waals surface area (Å²) in [6, 6.07) is 12.8. The second-order valence-electron chi connectivity index (χ2n) is 6.92. The molecule has 0 radical (unpaired) electrons. The number of rotatable bonds is 9. The highest BCUT2D eigenvalue weighted by Crippen LogP contribution is 2.29. The lowest BCUT2D eigenvalue weighted by molar-refractivity contribution is -0.681.